The summed E-state index contributed by atoms with van der Waals surface area (Å²) < 4.78 is 4.77. The number of aliphatic hydroxyl groups is 1. The predicted molar refractivity (Wildman–Crippen MR) is 51.3 cm³/mol. The van der Waals surface area contributed by atoms with E-state index in [1.807, 2.05) is 6.92 Å². The van der Waals surface area contributed by atoms with Crippen molar-refractivity contribution in [1.29, 1.82) is 0 Å². The zero-order chi connectivity index (χ0) is 10.3. The Labute approximate surface area is 79.4 Å². The molecule has 0 aromatic carbocycles. The molecule has 0 radical (unpaired) electrons. The average Bonchev–Trinajstić information content (AvgIpc) is 2.10. The molecule has 76 valence electrons. The summed E-state index contributed by atoms with van der Waals surface area (Å²) >= 11 is 0. The van der Waals surface area contributed by atoms with E-state index in [-0.39, 0.29) is 6.61 Å². The first-order chi connectivity index (χ1) is 6.07. The van der Waals surface area contributed by atoms with Gasteiger partial charge in [-0.2, -0.15) is 0 Å². The summed E-state index contributed by atoms with van der Waals surface area (Å²) in [5, 5.41) is 9.30. The third-order valence-corrected chi connectivity index (χ3v) is 1.65. The molecular formula is C10H18O3. The Bertz CT molecular complexity index is 175. The van der Waals surface area contributed by atoms with Gasteiger partial charge in [0.05, 0.1) is 6.10 Å². The Balaban J connectivity index is 3.51. The maximum Gasteiger partial charge on any atom is 0.333 e. The van der Waals surface area contributed by atoms with E-state index in [9.17, 15) is 9.90 Å². The monoisotopic (exact) mass is 186 g/mol. The van der Waals surface area contributed by atoms with E-state index in [0.29, 0.717) is 12.0 Å². The Morgan fingerprint density at radius 2 is 2.23 bits per heavy atom. The molecule has 3 heteroatoms. The van der Waals surface area contributed by atoms with Crippen molar-refractivity contribution in [2.75, 3.05) is 6.61 Å². The number of esters is 1. The lowest BCUT2D eigenvalue weighted by atomic mass is 10.2. The molecule has 0 aromatic rings. The van der Waals surface area contributed by atoms with Gasteiger partial charge in [0.1, 0.15) is 6.61 Å². The number of unbranched alkanes of at least 4 members (excludes halogenated alkanes) is 1. The van der Waals surface area contributed by atoms with Crippen molar-refractivity contribution < 1.29 is 14.6 Å². The molecule has 0 aliphatic heterocycles. The smallest absolute Gasteiger partial charge is 0.333 e. The van der Waals surface area contributed by atoms with Crippen LogP contribution >= 0.6 is 0 Å². The van der Waals surface area contributed by atoms with Crippen LogP contribution in [0.25, 0.3) is 0 Å². The van der Waals surface area contributed by atoms with Crippen LogP contribution < -0.4 is 0 Å². The quantitative estimate of drug-likeness (QED) is 0.507. The first-order valence-corrected chi connectivity index (χ1v) is 4.58. The van der Waals surface area contributed by atoms with Gasteiger partial charge in [0, 0.05) is 5.57 Å². The molecule has 0 amide bonds. The van der Waals surface area contributed by atoms with Crippen molar-refractivity contribution in [2.24, 2.45) is 0 Å². The second-order valence-corrected chi connectivity index (χ2v) is 3.17. The summed E-state index contributed by atoms with van der Waals surface area (Å²) in [5.74, 6) is -0.435. The number of hydrogen-bond acceptors (Lipinski definition) is 3. The number of rotatable bonds is 6. The summed E-state index contributed by atoms with van der Waals surface area (Å²) in [5.41, 5.74) is 0.364. The molecule has 0 aromatic heterocycles. The standard InChI is InChI=1S/C10H18O3/c1-4-5-6-9(11)7-13-10(12)8(2)3/h9,11H,2,4-7H2,1,3H3. The zero-order valence-electron chi connectivity index (χ0n) is 8.38. The second kappa shape index (κ2) is 6.66. The van der Waals surface area contributed by atoms with E-state index in [1.54, 1.807) is 6.92 Å². The topological polar surface area (TPSA) is 46.5 Å². The SMILES string of the molecule is C=C(C)C(=O)OCC(O)CCCC. The van der Waals surface area contributed by atoms with E-state index in [4.69, 9.17) is 4.74 Å². The van der Waals surface area contributed by atoms with Crippen molar-refractivity contribution in [3.8, 4) is 0 Å². The third kappa shape index (κ3) is 6.34. The minimum atomic E-state index is -0.539. The van der Waals surface area contributed by atoms with Crippen molar-refractivity contribution in [2.45, 2.75) is 39.2 Å². The van der Waals surface area contributed by atoms with Gasteiger partial charge in [-0.1, -0.05) is 26.3 Å². The lowest BCUT2D eigenvalue weighted by molar-refractivity contribution is -0.142. The minimum Gasteiger partial charge on any atom is -0.460 e. The highest BCUT2D eigenvalue weighted by Gasteiger charge is 2.08. The van der Waals surface area contributed by atoms with Crippen LogP contribution in [0.4, 0.5) is 0 Å². The number of carbonyl (C=O) groups excluding carboxylic acids is 1. The zero-order valence-corrected chi connectivity index (χ0v) is 8.38. The van der Waals surface area contributed by atoms with Crippen LogP contribution in [0, 0.1) is 0 Å². The van der Waals surface area contributed by atoms with Crippen LogP contribution in [0.3, 0.4) is 0 Å². The van der Waals surface area contributed by atoms with Gasteiger partial charge in [0.15, 0.2) is 0 Å². The van der Waals surface area contributed by atoms with Crippen molar-refractivity contribution in [1.82, 2.24) is 0 Å². The van der Waals surface area contributed by atoms with E-state index >= 15 is 0 Å². The third-order valence-electron chi connectivity index (χ3n) is 1.65. The van der Waals surface area contributed by atoms with Gasteiger partial charge in [-0.15, -0.1) is 0 Å². The number of hydrogen-bond donors (Lipinski definition) is 1. The fraction of sp³-hybridized carbons (Fsp3) is 0.700. The first kappa shape index (κ1) is 12.2. The van der Waals surface area contributed by atoms with Crippen LogP contribution in [0.1, 0.15) is 33.1 Å². The Hall–Kier alpha value is -0.830. The Morgan fingerprint density at radius 1 is 1.62 bits per heavy atom. The van der Waals surface area contributed by atoms with E-state index in [0.717, 1.165) is 12.8 Å². The highest BCUT2D eigenvalue weighted by molar-refractivity contribution is 5.86. The van der Waals surface area contributed by atoms with E-state index in [2.05, 4.69) is 6.58 Å². The molecule has 0 bridgehead atoms. The molecule has 0 saturated carbocycles. The van der Waals surface area contributed by atoms with Crippen LogP contribution in [-0.4, -0.2) is 23.8 Å². The highest BCUT2D eigenvalue weighted by Crippen LogP contribution is 2.02. The van der Waals surface area contributed by atoms with Crippen LogP contribution in [0.2, 0.25) is 0 Å². The highest BCUT2D eigenvalue weighted by atomic mass is 16.5. The normalized spacial score (nSPS) is 12.2. The van der Waals surface area contributed by atoms with Gasteiger partial charge < -0.3 is 9.84 Å². The fourth-order valence-electron chi connectivity index (χ4n) is 0.818. The molecule has 0 aliphatic carbocycles. The molecule has 0 spiro atoms. The maximum atomic E-state index is 10.9. The van der Waals surface area contributed by atoms with Crippen LogP contribution in [-0.2, 0) is 9.53 Å². The fourth-order valence-corrected chi connectivity index (χ4v) is 0.818. The summed E-state index contributed by atoms with van der Waals surface area (Å²) in [6.45, 7) is 7.15. The molecule has 1 atom stereocenters. The molecule has 1 unspecified atom stereocenters. The van der Waals surface area contributed by atoms with Crippen molar-refractivity contribution in [3.05, 3.63) is 12.2 Å². The first-order valence-electron chi connectivity index (χ1n) is 4.58. The van der Waals surface area contributed by atoms with Gasteiger partial charge in [0.25, 0.3) is 0 Å². The number of ether oxygens (including phenoxy) is 1. The molecule has 0 fully saturated rings. The lowest BCUT2D eigenvalue weighted by Gasteiger charge is -2.10. The molecule has 0 saturated heterocycles. The summed E-state index contributed by atoms with van der Waals surface area (Å²) in [6, 6.07) is 0. The summed E-state index contributed by atoms with van der Waals surface area (Å²) in [4.78, 5) is 10.9. The number of aliphatic hydroxyl groups excluding tert-OH is 1. The molecule has 3 nitrogen and oxygen atoms in total. The average molecular weight is 186 g/mol. The van der Waals surface area contributed by atoms with Gasteiger partial charge in [-0.25, -0.2) is 4.79 Å². The molecule has 0 aliphatic rings. The summed E-state index contributed by atoms with van der Waals surface area (Å²) in [6.07, 6.45) is 2.13. The molecular weight excluding hydrogens is 168 g/mol. The largest absolute Gasteiger partial charge is 0.460 e. The van der Waals surface area contributed by atoms with Gasteiger partial charge in [0.2, 0.25) is 0 Å². The minimum absolute atomic E-state index is 0.0751. The number of carbonyl (C=O) groups is 1. The van der Waals surface area contributed by atoms with Gasteiger partial charge >= 0.3 is 5.97 Å². The van der Waals surface area contributed by atoms with Crippen molar-refractivity contribution in [3.63, 3.8) is 0 Å². The molecule has 0 rings (SSSR count). The lowest BCUT2D eigenvalue weighted by Crippen LogP contribution is -2.18. The Morgan fingerprint density at radius 3 is 2.69 bits per heavy atom. The van der Waals surface area contributed by atoms with Gasteiger partial charge in [-0.05, 0) is 13.3 Å². The predicted octanol–water partition coefficient (Wildman–Crippen LogP) is 1.66. The van der Waals surface area contributed by atoms with Crippen LogP contribution in [0.5, 0.6) is 0 Å². The van der Waals surface area contributed by atoms with Gasteiger partial charge in [-0.3, -0.25) is 0 Å². The molecule has 13 heavy (non-hydrogen) atoms. The van der Waals surface area contributed by atoms with Crippen LogP contribution in [0.15, 0.2) is 12.2 Å². The second-order valence-electron chi connectivity index (χ2n) is 3.17. The van der Waals surface area contributed by atoms with E-state index < -0.39 is 12.1 Å². The van der Waals surface area contributed by atoms with E-state index in [1.165, 1.54) is 0 Å². The maximum absolute atomic E-state index is 10.9. The van der Waals surface area contributed by atoms with Crippen molar-refractivity contribution >= 4 is 5.97 Å². The summed E-state index contributed by atoms with van der Waals surface area (Å²) in [7, 11) is 0. The molecule has 0 heterocycles. The molecule has 1 N–H and O–H groups in total. The Kier molecular flexibility index (Phi) is 6.24.